The second kappa shape index (κ2) is 5.79. The van der Waals surface area contributed by atoms with Crippen molar-refractivity contribution < 1.29 is 9.94 Å². The number of nitrogens with zero attached hydrogens (tertiary/aromatic N) is 2. The molecule has 3 N–H and O–H groups in total. The van der Waals surface area contributed by atoms with Crippen LogP contribution >= 0.6 is 11.8 Å². The number of aryl methyl sites for hydroxylation is 2. The van der Waals surface area contributed by atoms with Gasteiger partial charge in [-0.05, 0) is 38.8 Å². The van der Waals surface area contributed by atoms with Gasteiger partial charge < -0.3 is 15.7 Å². The van der Waals surface area contributed by atoms with Gasteiger partial charge in [-0.25, -0.2) is 4.98 Å². The first-order valence-corrected chi connectivity index (χ1v) is 7.15. The van der Waals surface area contributed by atoms with Crippen molar-refractivity contribution in [3.63, 3.8) is 0 Å². The topological polar surface area (TPSA) is 80.7 Å². The van der Waals surface area contributed by atoms with Gasteiger partial charge in [-0.1, -0.05) is 16.9 Å². The Bertz CT molecular complexity index is 505. The molecule has 19 heavy (non-hydrogen) atoms. The normalized spacial score (nSPS) is 23.8. The molecule has 2 atom stereocenters. The van der Waals surface area contributed by atoms with Crippen molar-refractivity contribution in [2.45, 2.75) is 43.6 Å². The maximum atomic E-state index is 8.92. The summed E-state index contributed by atoms with van der Waals surface area (Å²) in [6.07, 6.45) is 1.20. The Labute approximate surface area is 117 Å². The van der Waals surface area contributed by atoms with Crippen molar-refractivity contribution in [1.29, 1.82) is 0 Å². The number of thioether (sulfide) groups is 1. The van der Waals surface area contributed by atoms with Crippen LogP contribution in [0.1, 0.15) is 30.2 Å². The van der Waals surface area contributed by atoms with Crippen molar-refractivity contribution in [2.75, 3.05) is 6.61 Å². The molecule has 1 saturated heterocycles. The summed E-state index contributed by atoms with van der Waals surface area (Å²) >= 11 is 1.65. The van der Waals surface area contributed by atoms with Gasteiger partial charge in [0.05, 0.1) is 11.7 Å². The van der Waals surface area contributed by atoms with Crippen LogP contribution in [0.25, 0.3) is 0 Å². The maximum Gasteiger partial charge on any atom is 0.173 e. The molecule has 0 radical (unpaired) electrons. The number of ether oxygens (including phenoxy) is 1. The van der Waals surface area contributed by atoms with Crippen LogP contribution in [0.3, 0.4) is 0 Å². The number of amidine groups is 1. The minimum Gasteiger partial charge on any atom is -0.409 e. The smallest absolute Gasteiger partial charge is 0.173 e. The first-order valence-electron chi connectivity index (χ1n) is 6.27. The molecule has 6 heteroatoms. The molecule has 2 heterocycles. The molecule has 0 aromatic carbocycles. The summed E-state index contributed by atoms with van der Waals surface area (Å²) in [6, 6.07) is 1.94. The Morgan fingerprint density at radius 1 is 1.58 bits per heavy atom. The van der Waals surface area contributed by atoms with Gasteiger partial charge in [-0.2, -0.15) is 0 Å². The standard InChI is InChI=1S/C13H19N3O2S/c1-7-6-8(2)15-13(11(7)12(14)16-17)19-10-4-5-18-9(10)3/h6,9-10,17H,4-5H2,1-3H3,(H2,14,16). The van der Waals surface area contributed by atoms with Gasteiger partial charge in [-0.15, -0.1) is 0 Å². The summed E-state index contributed by atoms with van der Waals surface area (Å²) < 4.78 is 5.57. The van der Waals surface area contributed by atoms with Crippen molar-refractivity contribution >= 4 is 17.6 Å². The Hall–Kier alpha value is -1.27. The van der Waals surface area contributed by atoms with Crippen LogP contribution < -0.4 is 5.73 Å². The summed E-state index contributed by atoms with van der Waals surface area (Å²) in [6.45, 7) is 6.74. The van der Waals surface area contributed by atoms with Gasteiger partial charge in [0, 0.05) is 17.6 Å². The van der Waals surface area contributed by atoms with Crippen molar-refractivity contribution in [3.05, 3.63) is 22.9 Å². The number of oxime groups is 1. The maximum absolute atomic E-state index is 8.92. The zero-order valence-corrected chi connectivity index (χ0v) is 12.2. The molecule has 0 bridgehead atoms. The molecule has 0 amide bonds. The van der Waals surface area contributed by atoms with Gasteiger partial charge in [-0.3, -0.25) is 0 Å². The van der Waals surface area contributed by atoms with E-state index in [1.807, 2.05) is 19.9 Å². The molecule has 0 saturated carbocycles. The van der Waals surface area contributed by atoms with Crippen molar-refractivity contribution in [2.24, 2.45) is 10.9 Å². The molecule has 1 aliphatic heterocycles. The lowest BCUT2D eigenvalue weighted by molar-refractivity contribution is 0.127. The predicted molar refractivity (Wildman–Crippen MR) is 75.9 cm³/mol. The number of nitrogens with two attached hydrogens (primary N) is 1. The number of rotatable bonds is 3. The molecule has 5 nitrogen and oxygen atoms in total. The van der Waals surface area contributed by atoms with E-state index >= 15 is 0 Å². The van der Waals surface area contributed by atoms with E-state index in [1.54, 1.807) is 11.8 Å². The minimum atomic E-state index is 0.110. The molecule has 2 unspecified atom stereocenters. The highest BCUT2D eigenvalue weighted by Gasteiger charge is 2.27. The van der Waals surface area contributed by atoms with Gasteiger partial charge in [0.15, 0.2) is 5.84 Å². The third-order valence-corrected chi connectivity index (χ3v) is 4.69. The molecule has 2 rings (SSSR count). The average molecular weight is 281 g/mol. The Morgan fingerprint density at radius 2 is 2.32 bits per heavy atom. The summed E-state index contributed by atoms with van der Waals surface area (Å²) in [4.78, 5) is 4.54. The number of aromatic nitrogens is 1. The average Bonchev–Trinajstić information content (AvgIpc) is 2.73. The molecule has 0 spiro atoms. The monoisotopic (exact) mass is 281 g/mol. The van der Waals surface area contributed by atoms with E-state index in [1.165, 1.54) is 0 Å². The Balaban J connectivity index is 2.37. The third-order valence-electron chi connectivity index (χ3n) is 3.25. The first-order chi connectivity index (χ1) is 9.02. The fourth-order valence-electron chi connectivity index (χ4n) is 2.26. The van der Waals surface area contributed by atoms with E-state index < -0.39 is 0 Å². The lowest BCUT2D eigenvalue weighted by atomic mass is 10.1. The zero-order valence-electron chi connectivity index (χ0n) is 11.4. The van der Waals surface area contributed by atoms with Gasteiger partial charge >= 0.3 is 0 Å². The first kappa shape index (κ1) is 14.1. The second-order valence-electron chi connectivity index (χ2n) is 4.77. The van der Waals surface area contributed by atoms with Crippen LogP contribution in [0.5, 0.6) is 0 Å². The van der Waals surface area contributed by atoms with Gasteiger partial charge in [0.2, 0.25) is 0 Å². The fourth-order valence-corrected chi connectivity index (χ4v) is 3.61. The van der Waals surface area contributed by atoms with Gasteiger partial charge in [0.1, 0.15) is 5.03 Å². The van der Waals surface area contributed by atoms with E-state index in [0.29, 0.717) is 5.25 Å². The second-order valence-corrected chi connectivity index (χ2v) is 5.99. The Kier molecular flexibility index (Phi) is 4.31. The lowest BCUT2D eigenvalue weighted by Gasteiger charge is -2.17. The van der Waals surface area contributed by atoms with E-state index in [-0.39, 0.29) is 11.9 Å². The summed E-state index contributed by atoms with van der Waals surface area (Å²) in [7, 11) is 0. The van der Waals surface area contributed by atoms with E-state index in [9.17, 15) is 0 Å². The lowest BCUT2D eigenvalue weighted by Crippen LogP contribution is -2.19. The number of hydrogen-bond donors (Lipinski definition) is 2. The summed E-state index contributed by atoms with van der Waals surface area (Å²) in [5.74, 6) is 0.110. The minimum absolute atomic E-state index is 0.110. The quantitative estimate of drug-likeness (QED) is 0.383. The molecule has 1 aromatic rings. The summed E-state index contributed by atoms with van der Waals surface area (Å²) in [5, 5.41) is 13.2. The van der Waals surface area contributed by atoms with Crippen LogP contribution in [0.2, 0.25) is 0 Å². The van der Waals surface area contributed by atoms with Crippen LogP contribution in [0, 0.1) is 13.8 Å². The van der Waals surface area contributed by atoms with Crippen LogP contribution in [0.4, 0.5) is 0 Å². The molecular weight excluding hydrogens is 262 g/mol. The number of pyridine rings is 1. The highest BCUT2D eigenvalue weighted by molar-refractivity contribution is 8.00. The highest BCUT2D eigenvalue weighted by Crippen LogP contribution is 2.34. The third kappa shape index (κ3) is 3.01. The van der Waals surface area contributed by atoms with Gasteiger partial charge in [0.25, 0.3) is 0 Å². The number of hydrogen-bond acceptors (Lipinski definition) is 5. The largest absolute Gasteiger partial charge is 0.409 e. The van der Waals surface area contributed by atoms with E-state index in [4.69, 9.17) is 15.7 Å². The van der Waals surface area contributed by atoms with Crippen LogP contribution in [-0.2, 0) is 4.74 Å². The SMILES string of the molecule is Cc1cc(C)c(/C(N)=N/O)c(SC2CCOC2C)n1. The van der Waals surface area contributed by atoms with E-state index in [0.717, 1.165) is 34.9 Å². The predicted octanol–water partition coefficient (Wildman–Crippen LogP) is 2.06. The van der Waals surface area contributed by atoms with Crippen molar-refractivity contribution in [1.82, 2.24) is 4.98 Å². The molecule has 1 aromatic heterocycles. The highest BCUT2D eigenvalue weighted by atomic mass is 32.2. The summed E-state index contributed by atoms with van der Waals surface area (Å²) in [5.41, 5.74) is 8.39. The molecule has 104 valence electrons. The van der Waals surface area contributed by atoms with Crippen LogP contribution in [-0.4, -0.2) is 34.0 Å². The molecular formula is C13H19N3O2S. The van der Waals surface area contributed by atoms with Crippen LogP contribution in [0.15, 0.2) is 16.2 Å². The molecule has 1 fully saturated rings. The Morgan fingerprint density at radius 3 is 2.89 bits per heavy atom. The zero-order chi connectivity index (χ0) is 14.0. The van der Waals surface area contributed by atoms with Crippen molar-refractivity contribution in [3.8, 4) is 0 Å². The molecule has 0 aliphatic carbocycles. The fraction of sp³-hybridized carbons (Fsp3) is 0.538. The van der Waals surface area contributed by atoms with E-state index in [2.05, 4.69) is 17.1 Å². The molecule has 1 aliphatic rings.